The Morgan fingerprint density at radius 3 is 2.61 bits per heavy atom. The second kappa shape index (κ2) is 4.52. The fraction of sp³-hybridized carbons (Fsp3) is 0.231. The Kier molecular flexibility index (Phi) is 3.06. The number of hydrogen-bond donors (Lipinski definition) is 2. The number of nitrogens with one attached hydrogen (secondary N) is 1. The third-order valence-corrected chi connectivity index (χ3v) is 2.84. The van der Waals surface area contributed by atoms with Crippen LogP contribution in [-0.4, -0.2) is 23.0 Å². The number of methoxy groups -OCH3 is 1. The number of benzene rings is 1. The van der Waals surface area contributed by atoms with Crippen LogP contribution in [0.4, 0.5) is 0 Å². The number of nitrogens with two attached hydrogens (primary N) is 1. The number of aromatic amines is 1. The Bertz CT molecular complexity index is 602. The second-order valence-electron chi connectivity index (χ2n) is 4.15. The van der Waals surface area contributed by atoms with Gasteiger partial charge in [0.1, 0.15) is 5.75 Å². The van der Waals surface area contributed by atoms with E-state index < -0.39 is 5.91 Å². The fourth-order valence-electron chi connectivity index (χ4n) is 1.88. The van der Waals surface area contributed by atoms with Gasteiger partial charge in [0, 0.05) is 5.56 Å². The molecule has 2 aromatic rings. The van der Waals surface area contributed by atoms with Crippen molar-refractivity contribution in [3.63, 3.8) is 0 Å². The number of imidazole rings is 1. The Morgan fingerprint density at radius 2 is 2.06 bits per heavy atom. The van der Waals surface area contributed by atoms with Gasteiger partial charge in [-0.15, -0.1) is 0 Å². The fourth-order valence-corrected chi connectivity index (χ4v) is 1.88. The molecule has 5 nitrogen and oxygen atoms in total. The average molecular weight is 245 g/mol. The van der Waals surface area contributed by atoms with Gasteiger partial charge in [-0.05, 0) is 37.1 Å². The quantitative estimate of drug-likeness (QED) is 0.865. The molecule has 0 saturated carbocycles. The van der Waals surface area contributed by atoms with Gasteiger partial charge in [0.15, 0.2) is 5.82 Å². The van der Waals surface area contributed by atoms with Crippen molar-refractivity contribution in [3.05, 3.63) is 35.3 Å². The molecule has 1 heterocycles. The van der Waals surface area contributed by atoms with E-state index in [9.17, 15) is 4.79 Å². The summed E-state index contributed by atoms with van der Waals surface area (Å²) in [4.78, 5) is 17.9. The van der Waals surface area contributed by atoms with Gasteiger partial charge in [0.2, 0.25) is 0 Å². The van der Waals surface area contributed by atoms with Crippen molar-refractivity contribution in [2.75, 3.05) is 7.11 Å². The van der Waals surface area contributed by atoms with Crippen LogP contribution in [0.3, 0.4) is 0 Å². The number of carbonyl (C=O) groups is 1. The first kappa shape index (κ1) is 12.2. The number of ether oxygens (including phenoxy) is 1. The van der Waals surface area contributed by atoms with Crippen LogP contribution < -0.4 is 10.5 Å². The van der Waals surface area contributed by atoms with Crippen molar-refractivity contribution >= 4 is 5.91 Å². The SMILES string of the molecule is COc1cc(C)c(-c2cnc(C(N)=O)[nH]2)cc1C. The molecule has 5 heteroatoms. The van der Waals surface area contributed by atoms with Crippen LogP contribution in [-0.2, 0) is 0 Å². The number of hydrogen-bond acceptors (Lipinski definition) is 3. The summed E-state index contributed by atoms with van der Waals surface area (Å²) in [5.74, 6) is 0.438. The molecule has 1 aromatic carbocycles. The van der Waals surface area contributed by atoms with Crippen molar-refractivity contribution in [1.29, 1.82) is 0 Å². The van der Waals surface area contributed by atoms with Crippen molar-refractivity contribution in [2.45, 2.75) is 13.8 Å². The lowest BCUT2D eigenvalue weighted by Crippen LogP contribution is -2.12. The highest BCUT2D eigenvalue weighted by atomic mass is 16.5. The van der Waals surface area contributed by atoms with Crippen LogP contribution in [0.15, 0.2) is 18.3 Å². The van der Waals surface area contributed by atoms with Crippen LogP contribution in [0, 0.1) is 13.8 Å². The lowest BCUT2D eigenvalue weighted by atomic mass is 10.0. The number of amides is 1. The molecule has 0 radical (unpaired) electrons. The monoisotopic (exact) mass is 245 g/mol. The summed E-state index contributed by atoms with van der Waals surface area (Å²) >= 11 is 0. The van der Waals surface area contributed by atoms with Crippen LogP contribution in [0.2, 0.25) is 0 Å². The van der Waals surface area contributed by atoms with Crippen LogP contribution in [0.1, 0.15) is 21.7 Å². The van der Waals surface area contributed by atoms with E-state index in [0.717, 1.165) is 28.1 Å². The summed E-state index contributed by atoms with van der Waals surface area (Å²) in [7, 11) is 1.64. The van der Waals surface area contributed by atoms with Crippen LogP contribution >= 0.6 is 0 Å². The molecule has 0 spiro atoms. The number of rotatable bonds is 3. The van der Waals surface area contributed by atoms with E-state index in [4.69, 9.17) is 10.5 Å². The van der Waals surface area contributed by atoms with E-state index >= 15 is 0 Å². The van der Waals surface area contributed by atoms with Gasteiger partial charge in [-0.2, -0.15) is 0 Å². The number of primary amides is 1. The van der Waals surface area contributed by atoms with Crippen LogP contribution in [0.5, 0.6) is 5.75 Å². The molecule has 0 fully saturated rings. The maximum Gasteiger partial charge on any atom is 0.284 e. The van der Waals surface area contributed by atoms with Crippen molar-refractivity contribution in [3.8, 4) is 17.0 Å². The van der Waals surface area contributed by atoms with E-state index in [1.807, 2.05) is 26.0 Å². The summed E-state index contributed by atoms with van der Waals surface area (Å²) in [6, 6.07) is 3.95. The Balaban J connectivity index is 2.50. The first-order valence-electron chi connectivity index (χ1n) is 5.53. The van der Waals surface area contributed by atoms with Crippen molar-refractivity contribution in [2.24, 2.45) is 5.73 Å². The zero-order chi connectivity index (χ0) is 13.3. The predicted molar refractivity (Wildman–Crippen MR) is 68.6 cm³/mol. The summed E-state index contributed by atoms with van der Waals surface area (Å²) in [5.41, 5.74) is 8.98. The lowest BCUT2D eigenvalue weighted by Gasteiger charge is -2.09. The smallest absolute Gasteiger partial charge is 0.284 e. The molecule has 2 rings (SSSR count). The third kappa shape index (κ3) is 2.07. The maximum atomic E-state index is 11.0. The maximum absolute atomic E-state index is 11.0. The number of aromatic nitrogens is 2. The molecule has 0 aliphatic heterocycles. The Hall–Kier alpha value is -2.30. The molecule has 0 aliphatic carbocycles. The second-order valence-corrected chi connectivity index (χ2v) is 4.15. The van der Waals surface area contributed by atoms with E-state index in [0.29, 0.717) is 0 Å². The standard InChI is InChI=1S/C13H15N3O2/c1-7-5-11(18-3)8(2)4-9(7)10-6-15-13(16-10)12(14)17/h4-6H,1-3H3,(H2,14,17)(H,15,16). The molecule has 1 aromatic heterocycles. The lowest BCUT2D eigenvalue weighted by molar-refractivity contribution is 0.0991. The molecule has 1 amide bonds. The van der Waals surface area contributed by atoms with Gasteiger partial charge in [-0.25, -0.2) is 4.98 Å². The minimum atomic E-state index is -0.566. The predicted octanol–water partition coefficient (Wildman–Crippen LogP) is 1.80. The zero-order valence-corrected chi connectivity index (χ0v) is 10.6. The van der Waals surface area contributed by atoms with E-state index in [2.05, 4.69) is 9.97 Å². The Labute approximate surface area is 105 Å². The van der Waals surface area contributed by atoms with Gasteiger partial charge >= 0.3 is 0 Å². The van der Waals surface area contributed by atoms with E-state index in [-0.39, 0.29) is 5.82 Å². The van der Waals surface area contributed by atoms with Gasteiger partial charge < -0.3 is 15.5 Å². The average Bonchev–Trinajstić information content (AvgIpc) is 2.81. The summed E-state index contributed by atoms with van der Waals surface area (Å²) in [6.45, 7) is 3.94. The molecule has 0 atom stereocenters. The highest BCUT2D eigenvalue weighted by molar-refractivity contribution is 5.89. The first-order chi connectivity index (χ1) is 8.52. The molecule has 0 unspecified atom stereocenters. The minimum absolute atomic E-state index is 0.165. The Morgan fingerprint density at radius 1 is 1.33 bits per heavy atom. The topological polar surface area (TPSA) is 81.0 Å². The first-order valence-corrected chi connectivity index (χ1v) is 5.53. The van der Waals surface area contributed by atoms with E-state index in [1.54, 1.807) is 13.3 Å². The molecule has 18 heavy (non-hydrogen) atoms. The summed E-state index contributed by atoms with van der Waals surface area (Å²) in [6.07, 6.45) is 1.61. The molecule has 0 bridgehead atoms. The molecular weight excluding hydrogens is 230 g/mol. The summed E-state index contributed by atoms with van der Waals surface area (Å²) in [5, 5.41) is 0. The number of nitrogens with zero attached hydrogens (tertiary/aromatic N) is 1. The highest BCUT2D eigenvalue weighted by Crippen LogP contribution is 2.28. The third-order valence-electron chi connectivity index (χ3n) is 2.84. The number of carbonyl (C=O) groups excluding carboxylic acids is 1. The largest absolute Gasteiger partial charge is 0.496 e. The van der Waals surface area contributed by atoms with Gasteiger partial charge in [0.25, 0.3) is 5.91 Å². The molecule has 3 N–H and O–H groups in total. The summed E-state index contributed by atoms with van der Waals surface area (Å²) < 4.78 is 5.26. The van der Waals surface area contributed by atoms with Gasteiger partial charge in [0.05, 0.1) is 19.0 Å². The molecular formula is C13H15N3O2. The van der Waals surface area contributed by atoms with Crippen molar-refractivity contribution in [1.82, 2.24) is 9.97 Å². The number of H-pyrrole nitrogens is 1. The van der Waals surface area contributed by atoms with Crippen LogP contribution in [0.25, 0.3) is 11.3 Å². The van der Waals surface area contributed by atoms with E-state index in [1.165, 1.54) is 0 Å². The molecule has 0 aliphatic rings. The molecule has 0 saturated heterocycles. The minimum Gasteiger partial charge on any atom is -0.496 e. The zero-order valence-electron chi connectivity index (χ0n) is 10.6. The van der Waals surface area contributed by atoms with Gasteiger partial charge in [-0.3, -0.25) is 4.79 Å². The van der Waals surface area contributed by atoms with Crippen molar-refractivity contribution < 1.29 is 9.53 Å². The highest BCUT2D eigenvalue weighted by Gasteiger charge is 2.11. The number of aryl methyl sites for hydroxylation is 2. The van der Waals surface area contributed by atoms with Gasteiger partial charge in [-0.1, -0.05) is 0 Å². The normalized spacial score (nSPS) is 10.4. The molecule has 94 valence electrons.